The Bertz CT molecular complexity index is 1150. The second-order valence-corrected chi connectivity index (χ2v) is 9.30. The zero-order valence-corrected chi connectivity index (χ0v) is 19.9. The molecule has 35 heavy (non-hydrogen) atoms. The summed E-state index contributed by atoms with van der Waals surface area (Å²) in [6.07, 6.45) is 7.75. The van der Waals surface area contributed by atoms with Gasteiger partial charge in [-0.25, -0.2) is 4.79 Å². The van der Waals surface area contributed by atoms with Gasteiger partial charge < -0.3 is 9.32 Å². The van der Waals surface area contributed by atoms with Gasteiger partial charge in [-0.05, 0) is 48.6 Å². The van der Waals surface area contributed by atoms with Crippen molar-refractivity contribution in [2.24, 2.45) is 0 Å². The van der Waals surface area contributed by atoms with Gasteiger partial charge in [0.25, 0.3) is 5.91 Å². The molecule has 0 saturated carbocycles. The average molecular weight is 470 g/mol. The van der Waals surface area contributed by atoms with E-state index in [0.717, 1.165) is 37.4 Å². The van der Waals surface area contributed by atoms with Crippen LogP contribution in [0.2, 0.25) is 0 Å². The number of imide groups is 1. The van der Waals surface area contributed by atoms with E-state index in [1.54, 1.807) is 6.26 Å². The molecule has 0 unspecified atom stereocenters. The SMILES string of the molecule is O=C1N(Cc2ccccc2)C(=O)C2(CCN(CC=Cc3ccco3)CC2)N1CCc1ccccc1. The van der Waals surface area contributed by atoms with Crippen molar-refractivity contribution in [3.8, 4) is 0 Å². The molecule has 0 N–H and O–H groups in total. The van der Waals surface area contributed by atoms with Crippen molar-refractivity contribution in [2.45, 2.75) is 31.3 Å². The van der Waals surface area contributed by atoms with Crippen LogP contribution in [-0.4, -0.2) is 58.4 Å². The van der Waals surface area contributed by atoms with Crippen LogP contribution in [0.4, 0.5) is 4.79 Å². The van der Waals surface area contributed by atoms with E-state index in [-0.39, 0.29) is 11.9 Å². The second-order valence-electron chi connectivity index (χ2n) is 9.30. The van der Waals surface area contributed by atoms with Crippen LogP contribution in [0.3, 0.4) is 0 Å². The smallest absolute Gasteiger partial charge is 0.328 e. The lowest BCUT2D eigenvalue weighted by Crippen LogP contribution is -2.57. The Morgan fingerprint density at radius 2 is 1.54 bits per heavy atom. The number of piperidine rings is 1. The predicted octanol–water partition coefficient (Wildman–Crippen LogP) is 4.83. The molecule has 3 amide bonds. The highest BCUT2D eigenvalue weighted by Crippen LogP contribution is 2.38. The van der Waals surface area contributed by atoms with Crippen LogP contribution in [-0.2, 0) is 17.8 Å². The van der Waals surface area contributed by atoms with Crippen LogP contribution in [0.5, 0.6) is 0 Å². The molecule has 1 aromatic heterocycles. The number of benzene rings is 2. The van der Waals surface area contributed by atoms with E-state index in [1.165, 1.54) is 10.5 Å². The number of hydrogen-bond donors (Lipinski definition) is 0. The van der Waals surface area contributed by atoms with Gasteiger partial charge in [-0.2, -0.15) is 0 Å². The number of likely N-dealkylation sites (tertiary alicyclic amines) is 1. The van der Waals surface area contributed by atoms with Crippen molar-refractivity contribution in [1.29, 1.82) is 0 Å². The monoisotopic (exact) mass is 469 g/mol. The highest BCUT2D eigenvalue weighted by atomic mass is 16.3. The number of furan rings is 1. The first-order valence-corrected chi connectivity index (χ1v) is 12.3. The quantitative estimate of drug-likeness (QED) is 0.443. The Hall–Kier alpha value is -3.64. The zero-order chi connectivity index (χ0) is 24.1. The first-order valence-electron chi connectivity index (χ1n) is 12.3. The van der Waals surface area contributed by atoms with Crippen molar-refractivity contribution in [3.05, 3.63) is 102 Å². The summed E-state index contributed by atoms with van der Waals surface area (Å²) in [5.74, 6) is 0.781. The fraction of sp³-hybridized carbons (Fsp3) is 0.310. The number of rotatable bonds is 8. The van der Waals surface area contributed by atoms with Crippen LogP contribution in [0.15, 0.2) is 89.6 Å². The predicted molar refractivity (Wildman–Crippen MR) is 135 cm³/mol. The Kier molecular flexibility index (Phi) is 6.82. The highest BCUT2D eigenvalue weighted by molar-refractivity contribution is 6.07. The molecule has 0 bridgehead atoms. The van der Waals surface area contributed by atoms with Crippen molar-refractivity contribution < 1.29 is 14.0 Å². The Balaban J connectivity index is 1.31. The molecule has 2 aromatic carbocycles. The topological polar surface area (TPSA) is 57.0 Å². The molecule has 3 aromatic rings. The fourth-order valence-corrected chi connectivity index (χ4v) is 5.18. The molecule has 1 spiro atoms. The van der Waals surface area contributed by atoms with Gasteiger partial charge in [-0.1, -0.05) is 66.7 Å². The largest absolute Gasteiger partial charge is 0.465 e. The van der Waals surface area contributed by atoms with Gasteiger partial charge in [-0.15, -0.1) is 0 Å². The Labute approximate surface area is 206 Å². The molecule has 2 aliphatic heterocycles. The van der Waals surface area contributed by atoms with Crippen molar-refractivity contribution in [2.75, 3.05) is 26.2 Å². The van der Waals surface area contributed by atoms with E-state index in [2.05, 4.69) is 23.1 Å². The molecular formula is C29H31N3O3. The second kappa shape index (κ2) is 10.3. The molecule has 2 aliphatic rings. The number of carbonyl (C=O) groups is 2. The van der Waals surface area contributed by atoms with Crippen molar-refractivity contribution >= 4 is 18.0 Å². The lowest BCUT2D eigenvalue weighted by atomic mass is 9.85. The highest BCUT2D eigenvalue weighted by Gasteiger charge is 2.57. The number of nitrogens with zero attached hydrogens (tertiary/aromatic N) is 3. The average Bonchev–Trinajstić information content (AvgIpc) is 3.48. The molecule has 0 aliphatic carbocycles. The Morgan fingerprint density at radius 3 is 2.20 bits per heavy atom. The van der Waals surface area contributed by atoms with Crippen molar-refractivity contribution in [1.82, 2.24) is 14.7 Å². The van der Waals surface area contributed by atoms with Crippen LogP contribution in [0.1, 0.15) is 29.7 Å². The molecule has 0 radical (unpaired) electrons. The zero-order valence-electron chi connectivity index (χ0n) is 19.9. The van der Waals surface area contributed by atoms with Crippen LogP contribution in [0.25, 0.3) is 6.08 Å². The molecular weight excluding hydrogens is 438 g/mol. The minimum atomic E-state index is -0.762. The number of amides is 3. The fourth-order valence-electron chi connectivity index (χ4n) is 5.18. The maximum atomic E-state index is 13.8. The van der Waals surface area contributed by atoms with Gasteiger partial charge in [0.2, 0.25) is 0 Å². The normalized spacial score (nSPS) is 18.3. The molecule has 180 valence electrons. The summed E-state index contributed by atoms with van der Waals surface area (Å²) in [4.78, 5) is 33.1. The molecule has 6 nitrogen and oxygen atoms in total. The first kappa shape index (κ1) is 23.1. The van der Waals surface area contributed by atoms with E-state index < -0.39 is 5.54 Å². The first-order chi connectivity index (χ1) is 17.2. The third-order valence-electron chi connectivity index (χ3n) is 7.14. The van der Waals surface area contributed by atoms with E-state index in [1.807, 2.05) is 71.6 Å². The van der Waals surface area contributed by atoms with Gasteiger partial charge in [0.15, 0.2) is 0 Å². The van der Waals surface area contributed by atoms with Crippen LogP contribution in [0, 0.1) is 0 Å². The summed E-state index contributed by atoms with van der Waals surface area (Å²) >= 11 is 0. The van der Waals surface area contributed by atoms with Crippen molar-refractivity contribution in [3.63, 3.8) is 0 Å². The van der Waals surface area contributed by atoms with E-state index >= 15 is 0 Å². The van der Waals surface area contributed by atoms with Gasteiger partial charge in [0.05, 0.1) is 12.8 Å². The summed E-state index contributed by atoms with van der Waals surface area (Å²) in [6, 6.07) is 23.6. The Morgan fingerprint density at radius 1 is 0.857 bits per heavy atom. The molecule has 2 fully saturated rings. The summed E-state index contributed by atoms with van der Waals surface area (Å²) in [5, 5.41) is 0. The summed E-state index contributed by atoms with van der Waals surface area (Å²) in [5.41, 5.74) is 1.38. The summed E-state index contributed by atoms with van der Waals surface area (Å²) in [7, 11) is 0. The van der Waals surface area contributed by atoms with Gasteiger partial charge in [0.1, 0.15) is 11.3 Å². The lowest BCUT2D eigenvalue weighted by Gasteiger charge is -2.42. The lowest BCUT2D eigenvalue weighted by molar-refractivity contribution is -0.136. The minimum Gasteiger partial charge on any atom is -0.465 e. The van der Waals surface area contributed by atoms with Crippen LogP contribution < -0.4 is 0 Å². The summed E-state index contributed by atoms with van der Waals surface area (Å²) in [6.45, 7) is 3.18. The molecule has 6 heteroatoms. The standard InChI is InChI=1S/C29H31N3O3/c33-27-29(16-20-30(21-17-29)18-7-13-26-14-8-22-35-26)32(19-15-24-9-3-1-4-10-24)28(34)31(27)23-25-11-5-2-6-12-25/h1-14,22H,15-21,23H2. The third-order valence-corrected chi connectivity index (χ3v) is 7.14. The maximum absolute atomic E-state index is 13.8. The van der Waals surface area contributed by atoms with E-state index in [4.69, 9.17) is 4.42 Å². The van der Waals surface area contributed by atoms with Crippen LogP contribution >= 0.6 is 0 Å². The van der Waals surface area contributed by atoms with Gasteiger partial charge in [-0.3, -0.25) is 14.6 Å². The molecule has 2 saturated heterocycles. The summed E-state index contributed by atoms with van der Waals surface area (Å²) < 4.78 is 5.36. The molecule has 0 atom stereocenters. The molecule has 3 heterocycles. The number of urea groups is 1. The van der Waals surface area contributed by atoms with E-state index in [9.17, 15) is 9.59 Å². The van der Waals surface area contributed by atoms with Gasteiger partial charge >= 0.3 is 6.03 Å². The minimum absolute atomic E-state index is 0.0507. The number of carbonyl (C=O) groups excluding carboxylic acids is 2. The number of hydrogen-bond acceptors (Lipinski definition) is 4. The van der Waals surface area contributed by atoms with E-state index in [0.29, 0.717) is 25.9 Å². The van der Waals surface area contributed by atoms with Gasteiger partial charge in [0, 0.05) is 26.2 Å². The molecule has 5 rings (SSSR count). The maximum Gasteiger partial charge on any atom is 0.328 e. The third kappa shape index (κ3) is 4.93.